The zero-order valence-corrected chi connectivity index (χ0v) is 9.70. The standard InChI is InChI=1S/C12H10BrNO/c1-2-9-4-3-5-11(6-9)14-8-10(13)7-12(14)15/h1,3-6,10H,7-8H2. The molecule has 0 saturated carbocycles. The minimum absolute atomic E-state index is 0.144. The average molecular weight is 264 g/mol. The normalized spacial score (nSPS) is 20.4. The van der Waals surface area contributed by atoms with Crippen molar-refractivity contribution in [1.82, 2.24) is 0 Å². The number of terminal acetylenes is 1. The van der Waals surface area contributed by atoms with Gasteiger partial charge >= 0.3 is 0 Å². The van der Waals surface area contributed by atoms with Gasteiger partial charge < -0.3 is 4.90 Å². The van der Waals surface area contributed by atoms with Crippen molar-refractivity contribution in [3.63, 3.8) is 0 Å². The highest BCUT2D eigenvalue weighted by Gasteiger charge is 2.28. The Bertz CT molecular complexity index is 435. The first kappa shape index (κ1) is 10.3. The van der Waals surface area contributed by atoms with Crippen LogP contribution in [-0.2, 0) is 4.79 Å². The minimum atomic E-state index is 0.144. The molecule has 1 heterocycles. The molecule has 1 atom stereocenters. The molecule has 1 unspecified atom stereocenters. The Labute approximate surface area is 97.4 Å². The first-order valence-electron chi connectivity index (χ1n) is 4.72. The summed E-state index contributed by atoms with van der Waals surface area (Å²) in [4.78, 5) is 13.6. The van der Waals surface area contributed by atoms with E-state index in [1.165, 1.54) is 0 Å². The lowest BCUT2D eigenvalue weighted by Gasteiger charge is -2.15. The largest absolute Gasteiger partial charge is 0.311 e. The Kier molecular flexibility index (Phi) is 2.79. The SMILES string of the molecule is C#Cc1cccc(N2CC(Br)CC2=O)c1. The highest BCUT2D eigenvalue weighted by atomic mass is 79.9. The van der Waals surface area contributed by atoms with Gasteiger partial charge in [-0.15, -0.1) is 6.42 Å². The van der Waals surface area contributed by atoms with Gasteiger partial charge in [-0.3, -0.25) is 4.79 Å². The van der Waals surface area contributed by atoms with Crippen molar-refractivity contribution < 1.29 is 4.79 Å². The summed E-state index contributed by atoms with van der Waals surface area (Å²) in [6.07, 6.45) is 5.87. The van der Waals surface area contributed by atoms with Crippen molar-refractivity contribution in [2.75, 3.05) is 11.4 Å². The minimum Gasteiger partial charge on any atom is -0.311 e. The van der Waals surface area contributed by atoms with Gasteiger partial charge in [-0.1, -0.05) is 27.9 Å². The van der Waals surface area contributed by atoms with Crippen LogP contribution in [0.15, 0.2) is 24.3 Å². The Hall–Kier alpha value is -1.27. The molecular formula is C12H10BrNO. The van der Waals surface area contributed by atoms with Crippen LogP contribution < -0.4 is 4.90 Å². The second-order valence-electron chi connectivity index (χ2n) is 3.50. The zero-order chi connectivity index (χ0) is 10.8. The van der Waals surface area contributed by atoms with Gasteiger partial charge in [0.1, 0.15) is 0 Å². The first-order chi connectivity index (χ1) is 7.20. The summed E-state index contributed by atoms with van der Waals surface area (Å²) in [6.45, 7) is 0.715. The predicted octanol–water partition coefficient (Wildman–Crippen LogP) is 2.17. The third kappa shape index (κ3) is 2.05. The van der Waals surface area contributed by atoms with Gasteiger partial charge in [0.15, 0.2) is 0 Å². The molecule has 0 aliphatic carbocycles. The lowest BCUT2D eigenvalue weighted by atomic mass is 10.2. The molecule has 0 spiro atoms. The summed E-state index contributed by atoms with van der Waals surface area (Å²) in [6, 6.07) is 7.50. The Morgan fingerprint density at radius 3 is 2.93 bits per heavy atom. The van der Waals surface area contributed by atoms with Crippen molar-refractivity contribution in [3.05, 3.63) is 29.8 Å². The number of carbonyl (C=O) groups is 1. The van der Waals surface area contributed by atoms with Crippen LogP contribution in [0, 0.1) is 12.3 Å². The molecule has 3 heteroatoms. The molecular weight excluding hydrogens is 254 g/mol. The van der Waals surface area contributed by atoms with Crippen molar-refractivity contribution >= 4 is 27.5 Å². The average Bonchev–Trinajstić information content (AvgIpc) is 2.58. The third-order valence-corrected chi connectivity index (χ3v) is 3.02. The van der Waals surface area contributed by atoms with Crippen LogP contribution in [0.2, 0.25) is 0 Å². The molecule has 1 amide bonds. The number of rotatable bonds is 1. The van der Waals surface area contributed by atoms with Crippen molar-refractivity contribution in [3.8, 4) is 12.3 Å². The second-order valence-corrected chi connectivity index (χ2v) is 4.80. The summed E-state index contributed by atoms with van der Waals surface area (Å²) in [5.41, 5.74) is 1.69. The van der Waals surface area contributed by atoms with E-state index in [2.05, 4.69) is 21.9 Å². The van der Waals surface area contributed by atoms with Gasteiger partial charge in [-0.2, -0.15) is 0 Å². The fourth-order valence-corrected chi connectivity index (χ4v) is 2.24. The van der Waals surface area contributed by atoms with E-state index < -0.39 is 0 Å². The van der Waals surface area contributed by atoms with Crippen LogP contribution >= 0.6 is 15.9 Å². The molecule has 1 fully saturated rings. The number of alkyl halides is 1. The van der Waals surface area contributed by atoms with E-state index in [4.69, 9.17) is 6.42 Å². The highest BCUT2D eigenvalue weighted by Crippen LogP contribution is 2.25. The number of amides is 1. The van der Waals surface area contributed by atoms with E-state index in [-0.39, 0.29) is 10.7 Å². The van der Waals surface area contributed by atoms with Gasteiger partial charge in [0.25, 0.3) is 0 Å². The van der Waals surface area contributed by atoms with Crippen LogP contribution in [0.25, 0.3) is 0 Å². The lowest BCUT2D eigenvalue weighted by Crippen LogP contribution is -2.24. The lowest BCUT2D eigenvalue weighted by molar-refractivity contribution is -0.117. The molecule has 0 bridgehead atoms. The number of nitrogens with zero attached hydrogens (tertiary/aromatic N) is 1. The maximum atomic E-state index is 11.6. The smallest absolute Gasteiger partial charge is 0.228 e. The molecule has 1 aliphatic heterocycles. The Morgan fingerprint density at radius 2 is 2.33 bits per heavy atom. The van der Waals surface area contributed by atoms with Gasteiger partial charge in [0.2, 0.25) is 5.91 Å². The number of hydrogen-bond acceptors (Lipinski definition) is 1. The Balaban J connectivity index is 2.30. The van der Waals surface area contributed by atoms with Crippen molar-refractivity contribution in [2.24, 2.45) is 0 Å². The van der Waals surface area contributed by atoms with Crippen LogP contribution in [0.1, 0.15) is 12.0 Å². The van der Waals surface area contributed by atoms with Gasteiger partial charge in [-0.05, 0) is 18.2 Å². The summed E-state index contributed by atoms with van der Waals surface area (Å²) in [5, 5.41) is 0. The zero-order valence-electron chi connectivity index (χ0n) is 8.11. The summed E-state index contributed by atoms with van der Waals surface area (Å²) < 4.78 is 0. The molecule has 1 saturated heterocycles. The highest BCUT2D eigenvalue weighted by molar-refractivity contribution is 9.09. The molecule has 0 radical (unpaired) electrons. The van der Waals surface area contributed by atoms with Crippen LogP contribution in [-0.4, -0.2) is 17.3 Å². The van der Waals surface area contributed by atoms with Crippen LogP contribution in [0.4, 0.5) is 5.69 Å². The van der Waals surface area contributed by atoms with Crippen molar-refractivity contribution in [1.29, 1.82) is 0 Å². The summed E-state index contributed by atoms with van der Waals surface area (Å²) >= 11 is 3.45. The molecule has 1 aromatic carbocycles. The number of anilines is 1. The van der Waals surface area contributed by atoms with E-state index in [1.807, 2.05) is 24.3 Å². The summed E-state index contributed by atoms with van der Waals surface area (Å²) in [5.74, 6) is 2.71. The number of carbonyl (C=O) groups excluding carboxylic acids is 1. The second kappa shape index (κ2) is 4.08. The van der Waals surface area contributed by atoms with Crippen molar-refractivity contribution in [2.45, 2.75) is 11.2 Å². The molecule has 2 nitrogen and oxygen atoms in total. The molecule has 1 aliphatic rings. The monoisotopic (exact) mass is 263 g/mol. The van der Waals surface area contributed by atoms with E-state index in [0.717, 1.165) is 11.3 Å². The fraction of sp³-hybridized carbons (Fsp3) is 0.250. The van der Waals surface area contributed by atoms with E-state index in [9.17, 15) is 4.79 Å². The fourth-order valence-electron chi connectivity index (χ4n) is 1.68. The molecule has 2 rings (SSSR count). The first-order valence-corrected chi connectivity index (χ1v) is 5.63. The number of hydrogen-bond donors (Lipinski definition) is 0. The topological polar surface area (TPSA) is 20.3 Å². The van der Waals surface area contributed by atoms with Gasteiger partial charge in [0.05, 0.1) is 0 Å². The molecule has 0 N–H and O–H groups in total. The quantitative estimate of drug-likeness (QED) is 0.562. The van der Waals surface area contributed by atoms with E-state index in [1.54, 1.807) is 4.90 Å². The number of benzene rings is 1. The third-order valence-electron chi connectivity index (χ3n) is 2.40. The number of halogens is 1. The molecule has 0 aromatic heterocycles. The maximum absolute atomic E-state index is 11.6. The molecule has 15 heavy (non-hydrogen) atoms. The van der Waals surface area contributed by atoms with E-state index in [0.29, 0.717) is 13.0 Å². The van der Waals surface area contributed by atoms with Gasteiger partial charge in [-0.25, -0.2) is 0 Å². The maximum Gasteiger partial charge on any atom is 0.228 e. The molecule has 76 valence electrons. The van der Waals surface area contributed by atoms with E-state index >= 15 is 0 Å². The van der Waals surface area contributed by atoms with Crippen LogP contribution in [0.3, 0.4) is 0 Å². The summed E-state index contributed by atoms with van der Waals surface area (Å²) in [7, 11) is 0. The predicted molar refractivity (Wildman–Crippen MR) is 64.1 cm³/mol. The van der Waals surface area contributed by atoms with Crippen LogP contribution in [0.5, 0.6) is 0 Å². The van der Waals surface area contributed by atoms with Gasteiger partial charge in [0, 0.05) is 29.0 Å². The molecule has 1 aromatic rings. The Morgan fingerprint density at radius 1 is 1.53 bits per heavy atom.